The highest BCUT2D eigenvalue weighted by Crippen LogP contribution is 2.34. The van der Waals surface area contributed by atoms with Gasteiger partial charge in [-0.15, -0.1) is 11.3 Å². The van der Waals surface area contributed by atoms with Crippen LogP contribution in [0.5, 0.6) is 0 Å². The van der Waals surface area contributed by atoms with Gasteiger partial charge in [0.15, 0.2) is 0 Å². The summed E-state index contributed by atoms with van der Waals surface area (Å²) in [6.45, 7) is 6.60. The maximum atomic E-state index is 3.37. The largest absolute Gasteiger partial charge is 0.312 e. The third-order valence-electron chi connectivity index (χ3n) is 3.60. The molecule has 0 aliphatic heterocycles. The highest BCUT2D eigenvalue weighted by molar-refractivity contribution is 7.15. The van der Waals surface area contributed by atoms with Crippen molar-refractivity contribution in [2.75, 3.05) is 7.05 Å². The van der Waals surface area contributed by atoms with Crippen molar-refractivity contribution < 1.29 is 0 Å². The first-order chi connectivity index (χ1) is 8.67. The lowest BCUT2D eigenvalue weighted by Crippen LogP contribution is -2.13. The van der Waals surface area contributed by atoms with Crippen LogP contribution >= 0.6 is 11.3 Å². The summed E-state index contributed by atoms with van der Waals surface area (Å²) in [7, 11) is 2.03. The molecule has 18 heavy (non-hydrogen) atoms. The van der Waals surface area contributed by atoms with Crippen LogP contribution in [0.2, 0.25) is 0 Å². The van der Waals surface area contributed by atoms with Gasteiger partial charge in [0.25, 0.3) is 0 Å². The maximum absolute atomic E-state index is 3.37. The first-order valence-corrected chi connectivity index (χ1v) is 7.32. The Morgan fingerprint density at radius 1 is 1.17 bits per heavy atom. The number of rotatable bonds is 4. The van der Waals surface area contributed by atoms with Crippen molar-refractivity contribution in [2.45, 2.75) is 33.2 Å². The number of benzene rings is 1. The Kier molecular flexibility index (Phi) is 4.20. The molecule has 1 nitrogen and oxygen atoms in total. The number of nitrogens with one attached hydrogen (secondary N) is 1. The average molecular weight is 259 g/mol. The van der Waals surface area contributed by atoms with Gasteiger partial charge in [-0.1, -0.05) is 25.1 Å². The lowest BCUT2D eigenvalue weighted by molar-refractivity contribution is 0.586. The van der Waals surface area contributed by atoms with E-state index < -0.39 is 0 Å². The van der Waals surface area contributed by atoms with Crippen molar-refractivity contribution in [3.05, 3.63) is 46.3 Å². The van der Waals surface area contributed by atoms with Crippen LogP contribution in [0.3, 0.4) is 0 Å². The second-order valence-corrected chi connectivity index (χ2v) is 5.81. The third-order valence-corrected chi connectivity index (χ3v) is 4.83. The fourth-order valence-electron chi connectivity index (χ4n) is 2.25. The number of aryl methyl sites for hydroxylation is 1. The van der Waals surface area contributed by atoms with Crippen LogP contribution in [0.1, 0.15) is 35.4 Å². The lowest BCUT2D eigenvalue weighted by atomic mass is 10.0. The Morgan fingerprint density at radius 2 is 1.94 bits per heavy atom. The molecule has 2 heteroatoms. The summed E-state index contributed by atoms with van der Waals surface area (Å²) in [5, 5.41) is 3.37. The Hall–Kier alpha value is -1.12. The molecular weight excluding hydrogens is 238 g/mol. The van der Waals surface area contributed by atoms with Crippen molar-refractivity contribution in [2.24, 2.45) is 0 Å². The van der Waals surface area contributed by atoms with Crippen LogP contribution in [0, 0.1) is 13.8 Å². The summed E-state index contributed by atoms with van der Waals surface area (Å²) in [6.07, 6.45) is 1.13. The van der Waals surface area contributed by atoms with Crippen LogP contribution in [0.15, 0.2) is 30.3 Å². The Morgan fingerprint density at radius 3 is 2.61 bits per heavy atom. The van der Waals surface area contributed by atoms with Gasteiger partial charge in [-0.05, 0) is 56.1 Å². The quantitative estimate of drug-likeness (QED) is 0.839. The first-order valence-electron chi connectivity index (χ1n) is 6.51. The summed E-state index contributed by atoms with van der Waals surface area (Å²) < 4.78 is 0. The van der Waals surface area contributed by atoms with E-state index in [9.17, 15) is 0 Å². The van der Waals surface area contributed by atoms with E-state index in [0.717, 1.165) is 6.42 Å². The van der Waals surface area contributed by atoms with Gasteiger partial charge in [-0.25, -0.2) is 0 Å². The average Bonchev–Trinajstić information content (AvgIpc) is 2.84. The maximum Gasteiger partial charge on any atom is 0.0409 e. The molecule has 1 atom stereocenters. The Labute approximate surface area is 114 Å². The summed E-state index contributed by atoms with van der Waals surface area (Å²) in [4.78, 5) is 2.80. The van der Waals surface area contributed by atoms with Crippen molar-refractivity contribution in [1.82, 2.24) is 5.32 Å². The van der Waals surface area contributed by atoms with E-state index in [0.29, 0.717) is 6.04 Å². The summed E-state index contributed by atoms with van der Waals surface area (Å²) in [5.41, 5.74) is 4.13. The van der Waals surface area contributed by atoms with Gasteiger partial charge in [0.1, 0.15) is 0 Å². The van der Waals surface area contributed by atoms with E-state index >= 15 is 0 Å². The van der Waals surface area contributed by atoms with Crippen molar-refractivity contribution in [3.63, 3.8) is 0 Å². The van der Waals surface area contributed by atoms with Gasteiger partial charge in [-0.2, -0.15) is 0 Å². The molecule has 0 fully saturated rings. The van der Waals surface area contributed by atoms with E-state index in [2.05, 4.69) is 56.4 Å². The topological polar surface area (TPSA) is 12.0 Å². The monoisotopic (exact) mass is 259 g/mol. The molecule has 1 N–H and O–H groups in total. The molecule has 0 bridgehead atoms. The molecule has 1 heterocycles. The summed E-state index contributed by atoms with van der Waals surface area (Å²) >= 11 is 1.90. The minimum atomic E-state index is 0.480. The fourth-order valence-corrected chi connectivity index (χ4v) is 3.53. The molecule has 1 aromatic carbocycles. The van der Waals surface area contributed by atoms with Crippen LogP contribution in [0.4, 0.5) is 0 Å². The zero-order chi connectivity index (χ0) is 13.1. The molecule has 2 aromatic rings. The Bertz CT molecular complexity index is 524. The third kappa shape index (κ3) is 2.50. The van der Waals surface area contributed by atoms with Gasteiger partial charge >= 0.3 is 0 Å². The van der Waals surface area contributed by atoms with Gasteiger partial charge < -0.3 is 5.32 Å². The predicted octanol–water partition coefficient (Wildman–Crippen LogP) is 4.70. The molecule has 1 aromatic heterocycles. The van der Waals surface area contributed by atoms with Gasteiger partial charge in [-0.3, -0.25) is 0 Å². The fraction of sp³-hybridized carbons (Fsp3) is 0.375. The van der Waals surface area contributed by atoms with Crippen molar-refractivity contribution >= 4 is 11.3 Å². The second-order valence-electron chi connectivity index (χ2n) is 4.70. The highest BCUT2D eigenvalue weighted by atomic mass is 32.1. The zero-order valence-corrected chi connectivity index (χ0v) is 12.4. The van der Waals surface area contributed by atoms with Crippen molar-refractivity contribution in [1.29, 1.82) is 0 Å². The molecular formula is C16H21NS. The minimum Gasteiger partial charge on any atom is -0.312 e. The molecule has 0 spiro atoms. The van der Waals surface area contributed by atoms with E-state index in [4.69, 9.17) is 0 Å². The number of hydrogen-bond acceptors (Lipinski definition) is 2. The van der Waals surface area contributed by atoms with Gasteiger partial charge in [0.2, 0.25) is 0 Å². The molecule has 96 valence electrons. The van der Waals surface area contributed by atoms with Crippen LogP contribution in [-0.4, -0.2) is 7.05 Å². The van der Waals surface area contributed by atoms with Gasteiger partial charge in [0, 0.05) is 15.8 Å². The van der Waals surface area contributed by atoms with Crippen LogP contribution in [-0.2, 0) is 0 Å². The molecule has 0 saturated carbocycles. The van der Waals surface area contributed by atoms with E-state index in [1.807, 2.05) is 18.4 Å². The van der Waals surface area contributed by atoms with Crippen LogP contribution in [0.25, 0.3) is 10.4 Å². The highest BCUT2D eigenvalue weighted by Gasteiger charge is 2.11. The van der Waals surface area contributed by atoms with Crippen molar-refractivity contribution in [3.8, 4) is 10.4 Å². The number of hydrogen-bond donors (Lipinski definition) is 1. The predicted molar refractivity (Wildman–Crippen MR) is 81.3 cm³/mol. The first kappa shape index (κ1) is 13.3. The Balaban J connectivity index is 2.38. The van der Waals surface area contributed by atoms with E-state index in [1.165, 1.54) is 26.4 Å². The van der Waals surface area contributed by atoms with E-state index in [1.54, 1.807) is 0 Å². The normalized spacial score (nSPS) is 12.7. The molecule has 0 amide bonds. The lowest BCUT2D eigenvalue weighted by Gasteiger charge is -2.11. The molecule has 0 radical (unpaired) electrons. The van der Waals surface area contributed by atoms with E-state index in [-0.39, 0.29) is 0 Å². The standard InChI is InChI=1S/C16H21NS/c1-5-14(17-4)16-10-9-15(18-16)13-8-6-7-11(2)12(13)3/h6-10,14,17H,5H2,1-4H3. The molecule has 0 saturated heterocycles. The molecule has 1 unspecified atom stereocenters. The molecule has 0 aliphatic rings. The minimum absolute atomic E-state index is 0.480. The SMILES string of the molecule is CCC(NC)c1ccc(-c2cccc(C)c2C)s1. The second kappa shape index (κ2) is 5.68. The van der Waals surface area contributed by atoms with Gasteiger partial charge in [0.05, 0.1) is 0 Å². The van der Waals surface area contributed by atoms with Crippen LogP contribution < -0.4 is 5.32 Å². The molecule has 2 rings (SSSR count). The number of thiophene rings is 1. The summed E-state index contributed by atoms with van der Waals surface area (Å²) in [5.74, 6) is 0. The summed E-state index contributed by atoms with van der Waals surface area (Å²) in [6, 6.07) is 11.5. The molecule has 0 aliphatic carbocycles. The zero-order valence-electron chi connectivity index (χ0n) is 11.6. The smallest absolute Gasteiger partial charge is 0.0409 e.